The first-order valence-corrected chi connectivity index (χ1v) is 10.7. The van der Waals surface area contributed by atoms with Crippen molar-refractivity contribution in [3.8, 4) is 0 Å². The van der Waals surface area contributed by atoms with Crippen LogP contribution in [0.3, 0.4) is 0 Å². The molecule has 1 aliphatic heterocycles. The number of rotatable bonds is 4. The largest absolute Gasteiger partial charge is 0.360 e. The monoisotopic (exact) mass is 419 g/mol. The van der Waals surface area contributed by atoms with E-state index in [9.17, 15) is 4.79 Å². The Kier molecular flexibility index (Phi) is 5.23. The van der Waals surface area contributed by atoms with E-state index < -0.39 is 0 Å². The Morgan fingerprint density at radius 3 is 2.55 bits per heavy atom. The van der Waals surface area contributed by atoms with Gasteiger partial charge in [0.25, 0.3) is 5.91 Å². The molecule has 3 aromatic rings. The van der Waals surface area contributed by atoms with Crippen molar-refractivity contribution in [3.05, 3.63) is 53.0 Å². The van der Waals surface area contributed by atoms with Crippen molar-refractivity contribution in [1.82, 2.24) is 25.2 Å². The van der Waals surface area contributed by atoms with Crippen molar-refractivity contribution in [3.63, 3.8) is 0 Å². The zero-order chi connectivity index (χ0) is 21.2. The summed E-state index contributed by atoms with van der Waals surface area (Å²) in [4.78, 5) is 21.3. The van der Waals surface area contributed by atoms with Crippen LogP contribution in [0, 0.1) is 6.92 Å². The first kappa shape index (κ1) is 19.5. The van der Waals surface area contributed by atoms with Gasteiger partial charge in [0.2, 0.25) is 0 Å². The van der Waals surface area contributed by atoms with Crippen molar-refractivity contribution in [1.29, 1.82) is 0 Å². The quantitative estimate of drug-likeness (QED) is 0.689. The Labute approximate surface area is 180 Å². The van der Waals surface area contributed by atoms with E-state index in [0.29, 0.717) is 37.7 Å². The summed E-state index contributed by atoms with van der Waals surface area (Å²) in [6.07, 6.45) is 5.76. The second kappa shape index (κ2) is 8.33. The normalized spacial score (nSPS) is 16.2. The van der Waals surface area contributed by atoms with E-state index in [-0.39, 0.29) is 5.91 Å². The topological polar surface area (TPSA) is 100 Å². The van der Waals surface area contributed by atoms with E-state index in [1.807, 2.05) is 36.1 Å². The smallest absolute Gasteiger partial charge is 0.276 e. The van der Waals surface area contributed by atoms with Gasteiger partial charge in [0.15, 0.2) is 17.3 Å². The summed E-state index contributed by atoms with van der Waals surface area (Å²) in [7, 11) is 0. The van der Waals surface area contributed by atoms with Gasteiger partial charge in [0.1, 0.15) is 11.6 Å². The van der Waals surface area contributed by atoms with Crippen LogP contribution in [0.15, 0.2) is 35.0 Å². The van der Waals surface area contributed by atoms with Gasteiger partial charge in [-0.3, -0.25) is 4.79 Å². The van der Waals surface area contributed by atoms with E-state index in [2.05, 4.69) is 30.6 Å². The number of aromatic nitrogens is 4. The molecule has 0 spiro atoms. The number of carbonyl (C=O) groups excluding carboxylic acids is 1. The predicted molar refractivity (Wildman–Crippen MR) is 116 cm³/mol. The van der Waals surface area contributed by atoms with E-state index in [1.165, 1.54) is 0 Å². The minimum atomic E-state index is -0.0252. The van der Waals surface area contributed by atoms with Crippen molar-refractivity contribution in [2.24, 2.45) is 0 Å². The summed E-state index contributed by atoms with van der Waals surface area (Å²) < 4.78 is 5.41. The molecule has 5 rings (SSSR count). The zero-order valence-corrected chi connectivity index (χ0v) is 17.5. The molecule has 0 atom stereocenters. The number of amides is 1. The third-order valence-electron chi connectivity index (χ3n) is 5.86. The molecule has 0 radical (unpaired) electrons. The minimum absolute atomic E-state index is 0.0252. The molecule has 1 amide bonds. The number of anilines is 3. The van der Waals surface area contributed by atoms with E-state index in [4.69, 9.17) is 4.52 Å². The second-order valence-corrected chi connectivity index (χ2v) is 8.04. The second-order valence-electron chi connectivity index (χ2n) is 8.04. The predicted octanol–water partition coefficient (Wildman–Crippen LogP) is 2.75. The molecule has 1 N–H and O–H groups in total. The summed E-state index contributed by atoms with van der Waals surface area (Å²) in [5.74, 6) is 3.04. The molecule has 1 aliphatic carbocycles. The number of fused-ring (bicyclic) bond motifs is 1. The average Bonchev–Trinajstić information content (AvgIpc) is 3.25. The Hall–Kier alpha value is -3.49. The first-order valence-electron chi connectivity index (χ1n) is 10.7. The molecule has 0 unspecified atom stereocenters. The van der Waals surface area contributed by atoms with Gasteiger partial charge in [0, 0.05) is 44.4 Å². The standard InChI is InChI=1S/C22H25N7O2/c1-15-6-7-18(23-14-15)24-19-8-9-20(26-25-19)28-10-12-29(13-11-28)22(30)21-16-4-2-3-5-17(16)31-27-21/h6-9,14H,2-5,10-13H2,1H3,(H,23,24,25). The molecule has 4 heterocycles. The van der Waals surface area contributed by atoms with Gasteiger partial charge in [-0.15, -0.1) is 10.2 Å². The van der Waals surface area contributed by atoms with Crippen LogP contribution >= 0.6 is 0 Å². The summed E-state index contributed by atoms with van der Waals surface area (Å²) in [6, 6.07) is 7.73. The molecule has 1 fully saturated rings. The number of pyridine rings is 1. The van der Waals surface area contributed by atoms with Crippen molar-refractivity contribution in [2.45, 2.75) is 32.6 Å². The Morgan fingerprint density at radius 1 is 1.00 bits per heavy atom. The van der Waals surface area contributed by atoms with E-state index >= 15 is 0 Å². The fourth-order valence-corrected chi connectivity index (χ4v) is 4.07. The molecule has 0 aromatic carbocycles. The van der Waals surface area contributed by atoms with Crippen LogP contribution in [-0.4, -0.2) is 57.3 Å². The van der Waals surface area contributed by atoms with Crippen LogP contribution in [-0.2, 0) is 12.8 Å². The molecule has 9 nitrogen and oxygen atoms in total. The Morgan fingerprint density at radius 2 is 1.81 bits per heavy atom. The highest BCUT2D eigenvalue weighted by atomic mass is 16.5. The Balaban J connectivity index is 1.19. The lowest BCUT2D eigenvalue weighted by Gasteiger charge is -2.35. The SMILES string of the molecule is Cc1ccc(Nc2ccc(N3CCN(C(=O)c4noc5c4CCCC5)CC3)nn2)nc1. The summed E-state index contributed by atoms with van der Waals surface area (Å²) >= 11 is 0. The fraction of sp³-hybridized carbons (Fsp3) is 0.409. The van der Waals surface area contributed by atoms with Crippen LogP contribution in [0.4, 0.5) is 17.5 Å². The first-order chi connectivity index (χ1) is 15.2. The number of piperazine rings is 1. The molecule has 2 aliphatic rings. The lowest BCUT2D eigenvalue weighted by molar-refractivity contribution is 0.0735. The molecule has 0 saturated carbocycles. The zero-order valence-electron chi connectivity index (χ0n) is 17.5. The molecule has 160 valence electrons. The van der Waals surface area contributed by atoms with Gasteiger partial charge in [0.05, 0.1) is 0 Å². The van der Waals surface area contributed by atoms with E-state index in [0.717, 1.165) is 54.2 Å². The van der Waals surface area contributed by atoms with Crippen LogP contribution in [0.1, 0.15) is 40.2 Å². The molecule has 1 saturated heterocycles. The van der Waals surface area contributed by atoms with Crippen molar-refractivity contribution < 1.29 is 9.32 Å². The van der Waals surface area contributed by atoms with Gasteiger partial charge >= 0.3 is 0 Å². The van der Waals surface area contributed by atoms with Crippen LogP contribution in [0.5, 0.6) is 0 Å². The number of carbonyl (C=O) groups is 1. The molecule has 0 bridgehead atoms. The number of aryl methyl sites for hydroxylation is 2. The van der Waals surface area contributed by atoms with Gasteiger partial charge in [-0.05, 0) is 49.9 Å². The molecule has 31 heavy (non-hydrogen) atoms. The van der Waals surface area contributed by atoms with E-state index in [1.54, 1.807) is 6.20 Å². The number of nitrogens with zero attached hydrogens (tertiary/aromatic N) is 6. The highest BCUT2D eigenvalue weighted by Crippen LogP contribution is 2.25. The van der Waals surface area contributed by atoms with Gasteiger partial charge in [-0.25, -0.2) is 4.98 Å². The number of hydrogen-bond acceptors (Lipinski definition) is 8. The van der Waals surface area contributed by atoms with Crippen LogP contribution in [0.25, 0.3) is 0 Å². The van der Waals surface area contributed by atoms with Gasteiger partial charge < -0.3 is 19.6 Å². The van der Waals surface area contributed by atoms with Crippen molar-refractivity contribution in [2.75, 3.05) is 36.4 Å². The van der Waals surface area contributed by atoms with Crippen LogP contribution < -0.4 is 10.2 Å². The average molecular weight is 419 g/mol. The summed E-state index contributed by atoms with van der Waals surface area (Å²) in [6.45, 7) is 4.64. The lowest BCUT2D eigenvalue weighted by atomic mass is 9.96. The molecular formula is C22H25N7O2. The third kappa shape index (κ3) is 4.08. The highest BCUT2D eigenvalue weighted by molar-refractivity contribution is 5.94. The summed E-state index contributed by atoms with van der Waals surface area (Å²) in [5.41, 5.74) is 2.62. The maximum absolute atomic E-state index is 13.0. The molecule has 3 aromatic heterocycles. The third-order valence-corrected chi connectivity index (χ3v) is 5.86. The Bertz CT molecular complexity index is 1050. The minimum Gasteiger partial charge on any atom is -0.360 e. The fourth-order valence-electron chi connectivity index (χ4n) is 4.07. The number of hydrogen-bond donors (Lipinski definition) is 1. The van der Waals surface area contributed by atoms with Crippen LogP contribution in [0.2, 0.25) is 0 Å². The van der Waals surface area contributed by atoms with Crippen molar-refractivity contribution >= 4 is 23.4 Å². The molecule has 9 heteroatoms. The summed E-state index contributed by atoms with van der Waals surface area (Å²) in [5, 5.41) is 15.9. The number of nitrogens with one attached hydrogen (secondary N) is 1. The lowest BCUT2D eigenvalue weighted by Crippen LogP contribution is -2.49. The maximum atomic E-state index is 13.0. The van der Waals surface area contributed by atoms with Gasteiger partial charge in [-0.2, -0.15) is 0 Å². The molecular weight excluding hydrogens is 394 g/mol. The highest BCUT2D eigenvalue weighted by Gasteiger charge is 2.29. The maximum Gasteiger partial charge on any atom is 0.276 e. The van der Waals surface area contributed by atoms with Gasteiger partial charge in [-0.1, -0.05) is 11.2 Å².